The number of halogens is 1. The van der Waals surface area contributed by atoms with Crippen molar-refractivity contribution in [2.75, 3.05) is 44.3 Å². The van der Waals surface area contributed by atoms with Crippen LogP contribution in [0.25, 0.3) is 0 Å². The van der Waals surface area contributed by atoms with E-state index in [1.807, 2.05) is 16.6 Å². The van der Waals surface area contributed by atoms with Crippen molar-refractivity contribution in [1.29, 1.82) is 0 Å². The van der Waals surface area contributed by atoms with Gasteiger partial charge in [0.05, 0.1) is 5.69 Å². The molecule has 0 spiro atoms. The first-order valence-corrected chi connectivity index (χ1v) is 6.23. The van der Waals surface area contributed by atoms with Gasteiger partial charge in [0.15, 0.2) is 11.5 Å². The molecule has 1 saturated heterocycles. The molecule has 2 aliphatic rings. The molecule has 2 heterocycles. The SMILES string of the molecule is ClN1CCN(c2cccc3c2OCCO3)CC1. The van der Waals surface area contributed by atoms with Crippen molar-refractivity contribution in [1.82, 2.24) is 4.42 Å². The molecule has 0 saturated carbocycles. The van der Waals surface area contributed by atoms with Gasteiger partial charge in [0.25, 0.3) is 0 Å². The summed E-state index contributed by atoms with van der Waals surface area (Å²) in [5.41, 5.74) is 1.12. The number of fused-ring (bicyclic) bond motifs is 1. The van der Waals surface area contributed by atoms with Gasteiger partial charge >= 0.3 is 0 Å². The van der Waals surface area contributed by atoms with E-state index in [0.717, 1.165) is 43.4 Å². The van der Waals surface area contributed by atoms with Gasteiger partial charge in [-0.2, -0.15) is 0 Å². The summed E-state index contributed by atoms with van der Waals surface area (Å²) in [4.78, 5) is 2.30. The Labute approximate surface area is 106 Å². The third-order valence-electron chi connectivity index (χ3n) is 3.11. The Morgan fingerprint density at radius 3 is 2.59 bits per heavy atom. The Hall–Kier alpha value is -1.13. The van der Waals surface area contributed by atoms with Crippen LogP contribution >= 0.6 is 11.8 Å². The second-order valence-electron chi connectivity index (χ2n) is 4.20. The molecule has 3 rings (SSSR count). The van der Waals surface area contributed by atoms with Crippen LogP contribution in [0.5, 0.6) is 11.5 Å². The number of rotatable bonds is 1. The summed E-state index contributed by atoms with van der Waals surface area (Å²) in [7, 11) is 0. The van der Waals surface area contributed by atoms with Gasteiger partial charge in [-0.05, 0) is 23.9 Å². The summed E-state index contributed by atoms with van der Waals surface area (Å²) in [6.07, 6.45) is 0. The molecule has 0 amide bonds. The summed E-state index contributed by atoms with van der Waals surface area (Å²) in [5.74, 6) is 1.73. The van der Waals surface area contributed by atoms with Crippen molar-refractivity contribution >= 4 is 17.5 Å². The fourth-order valence-corrected chi connectivity index (χ4v) is 2.38. The molecule has 4 nitrogen and oxygen atoms in total. The number of hydrogen-bond donors (Lipinski definition) is 0. The lowest BCUT2D eigenvalue weighted by molar-refractivity contribution is 0.172. The zero-order valence-electron chi connectivity index (χ0n) is 9.56. The normalized spacial score (nSPS) is 20.4. The minimum atomic E-state index is 0.624. The molecule has 0 atom stereocenters. The maximum absolute atomic E-state index is 5.96. The molecule has 2 aliphatic heterocycles. The molecule has 92 valence electrons. The van der Waals surface area contributed by atoms with Gasteiger partial charge < -0.3 is 14.4 Å². The third kappa shape index (κ3) is 2.15. The summed E-state index contributed by atoms with van der Waals surface area (Å²) in [5, 5.41) is 0. The Bertz CT molecular complexity index is 405. The Kier molecular flexibility index (Phi) is 2.99. The monoisotopic (exact) mass is 254 g/mol. The van der Waals surface area contributed by atoms with Crippen molar-refractivity contribution in [3.05, 3.63) is 18.2 Å². The number of nitrogens with zero attached hydrogens (tertiary/aromatic N) is 2. The highest BCUT2D eigenvalue weighted by atomic mass is 35.5. The molecule has 0 aliphatic carbocycles. The van der Waals surface area contributed by atoms with E-state index in [-0.39, 0.29) is 0 Å². The van der Waals surface area contributed by atoms with Crippen LogP contribution in [-0.4, -0.2) is 43.8 Å². The fourth-order valence-electron chi connectivity index (χ4n) is 2.23. The Morgan fingerprint density at radius 1 is 1.00 bits per heavy atom. The van der Waals surface area contributed by atoms with E-state index >= 15 is 0 Å². The minimum Gasteiger partial charge on any atom is -0.486 e. The highest BCUT2D eigenvalue weighted by Crippen LogP contribution is 2.39. The van der Waals surface area contributed by atoms with Crippen molar-refractivity contribution in [2.24, 2.45) is 0 Å². The van der Waals surface area contributed by atoms with Crippen LogP contribution in [0.3, 0.4) is 0 Å². The van der Waals surface area contributed by atoms with Crippen LogP contribution < -0.4 is 14.4 Å². The van der Waals surface area contributed by atoms with E-state index in [1.54, 1.807) is 0 Å². The molecular weight excluding hydrogens is 240 g/mol. The van der Waals surface area contributed by atoms with E-state index in [0.29, 0.717) is 13.2 Å². The number of anilines is 1. The van der Waals surface area contributed by atoms with E-state index in [4.69, 9.17) is 21.3 Å². The molecule has 17 heavy (non-hydrogen) atoms. The Balaban J connectivity index is 1.87. The predicted octanol–water partition coefficient (Wildman–Crippen LogP) is 1.73. The van der Waals surface area contributed by atoms with Crippen LogP contribution in [-0.2, 0) is 0 Å². The van der Waals surface area contributed by atoms with E-state index in [9.17, 15) is 0 Å². The zero-order chi connectivity index (χ0) is 11.7. The molecule has 0 bridgehead atoms. The lowest BCUT2D eigenvalue weighted by Crippen LogP contribution is -2.42. The molecule has 1 aromatic rings. The molecule has 0 N–H and O–H groups in total. The third-order valence-corrected chi connectivity index (χ3v) is 3.45. The van der Waals surface area contributed by atoms with Crippen LogP contribution in [0.2, 0.25) is 0 Å². The smallest absolute Gasteiger partial charge is 0.184 e. The van der Waals surface area contributed by atoms with Crippen molar-refractivity contribution < 1.29 is 9.47 Å². The molecular formula is C12H15ClN2O2. The molecule has 1 fully saturated rings. The maximum Gasteiger partial charge on any atom is 0.184 e. The van der Waals surface area contributed by atoms with Crippen molar-refractivity contribution in [2.45, 2.75) is 0 Å². The van der Waals surface area contributed by atoms with Crippen molar-refractivity contribution in [3.63, 3.8) is 0 Å². The van der Waals surface area contributed by atoms with Gasteiger partial charge in [-0.1, -0.05) is 6.07 Å². The summed E-state index contributed by atoms with van der Waals surface area (Å²) in [6.45, 7) is 4.83. The van der Waals surface area contributed by atoms with Crippen molar-refractivity contribution in [3.8, 4) is 11.5 Å². The summed E-state index contributed by atoms with van der Waals surface area (Å²) >= 11 is 5.96. The molecule has 0 aromatic heterocycles. The van der Waals surface area contributed by atoms with Gasteiger partial charge in [0, 0.05) is 26.2 Å². The molecule has 0 unspecified atom stereocenters. The van der Waals surface area contributed by atoms with Gasteiger partial charge in [0.2, 0.25) is 0 Å². The van der Waals surface area contributed by atoms with Gasteiger partial charge in [-0.25, -0.2) is 4.42 Å². The number of piperazine rings is 1. The quantitative estimate of drug-likeness (QED) is 0.713. The number of para-hydroxylation sites is 1. The predicted molar refractivity (Wildman–Crippen MR) is 67.1 cm³/mol. The Morgan fingerprint density at radius 2 is 1.76 bits per heavy atom. The second kappa shape index (κ2) is 4.63. The highest BCUT2D eigenvalue weighted by Gasteiger charge is 2.22. The molecule has 0 radical (unpaired) electrons. The second-order valence-corrected chi connectivity index (χ2v) is 4.68. The summed E-state index contributed by atoms with van der Waals surface area (Å²) in [6, 6.07) is 6.04. The van der Waals surface area contributed by atoms with Crippen LogP contribution in [0.15, 0.2) is 18.2 Å². The first kappa shape index (κ1) is 11.0. The van der Waals surface area contributed by atoms with E-state index in [1.165, 1.54) is 0 Å². The molecule has 5 heteroatoms. The molecule has 1 aromatic carbocycles. The van der Waals surface area contributed by atoms with E-state index in [2.05, 4.69) is 11.0 Å². The minimum absolute atomic E-state index is 0.624. The van der Waals surface area contributed by atoms with Gasteiger partial charge in [-0.3, -0.25) is 0 Å². The fraction of sp³-hybridized carbons (Fsp3) is 0.500. The average molecular weight is 255 g/mol. The lowest BCUT2D eigenvalue weighted by atomic mass is 10.2. The van der Waals surface area contributed by atoms with Gasteiger partial charge in [0.1, 0.15) is 13.2 Å². The van der Waals surface area contributed by atoms with Crippen LogP contribution in [0, 0.1) is 0 Å². The highest BCUT2D eigenvalue weighted by molar-refractivity contribution is 6.13. The summed E-state index contributed by atoms with van der Waals surface area (Å²) < 4.78 is 13.1. The number of benzene rings is 1. The van der Waals surface area contributed by atoms with Crippen LogP contribution in [0.4, 0.5) is 5.69 Å². The van der Waals surface area contributed by atoms with Crippen LogP contribution in [0.1, 0.15) is 0 Å². The van der Waals surface area contributed by atoms with E-state index < -0.39 is 0 Å². The first-order valence-electron chi connectivity index (χ1n) is 5.89. The number of ether oxygens (including phenoxy) is 2. The first-order chi connectivity index (χ1) is 8.34. The lowest BCUT2D eigenvalue weighted by Gasteiger charge is -2.34. The standard InChI is InChI=1S/C12H15ClN2O2/c13-15-6-4-14(5-7-15)10-2-1-3-11-12(10)17-9-8-16-11/h1-3H,4-9H2. The zero-order valence-corrected chi connectivity index (χ0v) is 10.3. The average Bonchev–Trinajstić information content (AvgIpc) is 2.39. The number of hydrogen-bond acceptors (Lipinski definition) is 4. The van der Waals surface area contributed by atoms with Gasteiger partial charge in [-0.15, -0.1) is 0 Å². The largest absolute Gasteiger partial charge is 0.486 e. The maximum atomic E-state index is 5.96. The topological polar surface area (TPSA) is 24.9 Å².